The Kier molecular flexibility index (Phi) is 38.9. The second-order valence-corrected chi connectivity index (χ2v) is 8.55. The predicted octanol–water partition coefficient (Wildman–Crippen LogP) is 0.573. The quantitative estimate of drug-likeness (QED) is 0.0742. The first-order valence-electron chi connectivity index (χ1n) is 14.0. The third-order valence-corrected chi connectivity index (χ3v) is 4.87. The van der Waals surface area contributed by atoms with Gasteiger partial charge in [0.05, 0.1) is 165 Å². The zero-order chi connectivity index (χ0) is 28.9. The number of hydrogen-bond acceptors (Lipinski definition) is 13. The van der Waals surface area contributed by atoms with Crippen LogP contribution in [0.2, 0.25) is 0 Å². The Balaban J connectivity index is 3.01. The molecule has 0 unspecified atom stereocenters. The first kappa shape index (κ1) is 40.0. The lowest BCUT2D eigenvalue weighted by molar-refractivity contribution is -0.0285. The Morgan fingerprint density at radius 2 is 0.400 bits per heavy atom. The van der Waals surface area contributed by atoms with E-state index in [0.29, 0.717) is 159 Å². The molecule has 0 bridgehead atoms. The third kappa shape index (κ3) is 38.0. The zero-order valence-electron chi connectivity index (χ0n) is 24.1. The van der Waals surface area contributed by atoms with Crippen LogP contribution in [0.1, 0.15) is 0 Å². The molecular formula is C26H53BrO13. The van der Waals surface area contributed by atoms with Crippen LogP contribution in [0.5, 0.6) is 0 Å². The summed E-state index contributed by atoms with van der Waals surface area (Å²) in [6.45, 7) is 12.5. The van der Waals surface area contributed by atoms with Gasteiger partial charge in [-0.3, -0.25) is 0 Å². The van der Waals surface area contributed by atoms with Crippen molar-refractivity contribution < 1.29 is 61.9 Å². The normalized spacial score (nSPS) is 11.6. The minimum absolute atomic E-state index is 0.0264. The number of alkyl halides is 1. The smallest absolute Gasteiger partial charge is 0.0701 e. The van der Waals surface area contributed by atoms with E-state index in [-0.39, 0.29) is 6.61 Å². The van der Waals surface area contributed by atoms with Crippen LogP contribution in [-0.4, -0.2) is 176 Å². The highest BCUT2D eigenvalue weighted by Crippen LogP contribution is 1.87. The van der Waals surface area contributed by atoms with Crippen molar-refractivity contribution in [2.45, 2.75) is 0 Å². The minimum Gasteiger partial charge on any atom is -0.394 e. The van der Waals surface area contributed by atoms with Crippen LogP contribution in [0.3, 0.4) is 0 Å². The van der Waals surface area contributed by atoms with Crippen molar-refractivity contribution in [1.82, 2.24) is 0 Å². The molecule has 0 fully saturated rings. The summed E-state index contributed by atoms with van der Waals surface area (Å²) in [7, 11) is 0. The fourth-order valence-electron chi connectivity index (χ4n) is 2.64. The second kappa shape index (κ2) is 39.0. The molecule has 0 saturated heterocycles. The van der Waals surface area contributed by atoms with Crippen LogP contribution in [0, 0.1) is 0 Å². The number of rotatable bonds is 37. The number of aliphatic hydroxyl groups excluding tert-OH is 1. The largest absolute Gasteiger partial charge is 0.394 e. The van der Waals surface area contributed by atoms with E-state index < -0.39 is 0 Å². The molecule has 0 aromatic carbocycles. The predicted molar refractivity (Wildman–Crippen MR) is 151 cm³/mol. The van der Waals surface area contributed by atoms with Gasteiger partial charge < -0.3 is 61.9 Å². The van der Waals surface area contributed by atoms with Gasteiger partial charge in [0.25, 0.3) is 0 Å². The first-order chi connectivity index (χ1) is 19.9. The van der Waals surface area contributed by atoms with Crippen LogP contribution in [-0.2, 0) is 56.8 Å². The molecule has 0 heterocycles. The molecule has 0 saturated carbocycles. The summed E-state index contributed by atoms with van der Waals surface area (Å²) in [4.78, 5) is 0. The Morgan fingerprint density at radius 3 is 0.550 bits per heavy atom. The monoisotopic (exact) mass is 652 g/mol. The van der Waals surface area contributed by atoms with E-state index in [1.54, 1.807) is 0 Å². The maximum absolute atomic E-state index is 8.56. The minimum atomic E-state index is 0.0264. The molecule has 0 atom stereocenters. The van der Waals surface area contributed by atoms with Crippen molar-refractivity contribution >= 4 is 15.9 Å². The molecule has 0 aliphatic carbocycles. The van der Waals surface area contributed by atoms with Crippen LogP contribution in [0.4, 0.5) is 0 Å². The number of ether oxygens (including phenoxy) is 12. The van der Waals surface area contributed by atoms with Gasteiger partial charge in [-0.25, -0.2) is 0 Å². The molecule has 14 heteroatoms. The SMILES string of the molecule is OCCOCCOCCOCCOCCOCCOCCOCCOCCOCCOCCOCCOCCBr. The molecule has 1 N–H and O–H groups in total. The van der Waals surface area contributed by atoms with Gasteiger partial charge in [-0.05, 0) is 0 Å². The average Bonchev–Trinajstić information content (AvgIpc) is 2.97. The first-order valence-corrected chi connectivity index (χ1v) is 15.1. The Labute approximate surface area is 248 Å². The summed E-state index contributed by atoms with van der Waals surface area (Å²) < 4.78 is 64.6. The van der Waals surface area contributed by atoms with Gasteiger partial charge >= 0.3 is 0 Å². The molecule has 0 spiro atoms. The molecule has 0 aliphatic heterocycles. The van der Waals surface area contributed by atoms with E-state index in [1.165, 1.54) is 0 Å². The highest BCUT2D eigenvalue weighted by molar-refractivity contribution is 9.09. The number of aliphatic hydroxyl groups is 1. The fraction of sp³-hybridized carbons (Fsp3) is 1.00. The molecule has 242 valence electrons. The van der Waals surface area contributed by atoms with E-state index in [0.717, 1.165) is 5.33 Å². The van der Waals surface area contributed by atoms with Crippen molar-refractivity contribution in [3.05, 3.63) is 0 Å². The van der Waals surface area contributed by atoms with Crippen molar-refractivity contribution in [2.75, 3.05) is 171 Å². The highest BCUT2D eigenvalue weighted by atomic mass is 79.9. The maximum atomic E-state index is 8.56. The Bertz CT molecular complexity index is 403. The van der Waals surface area contributed by atoms with Crippen molar-refractivity contribution in [1.29, 1.82) is 0 Å². The molecule has 0 aromatic rings. The summed E-state index contributed by atoms with van der Waals surface area (Å²) in [6.07, 6.45) is 0. The lowest BCUT2D eigenvalue weighted by atomic mass is 10.6. The van der Waals surface area contributed by atoms with Crippen LogP contribution >= 0.6 is 15.9 Å². The van der Waals surface area contributed by atoms with Gasteiger partial charge in [0, 0.05) is 5.33 Å². The van der Waals surface area contributed by atoms with Gasteiger partial charge in [0.2, 0.25) is 0 Å². The van der Waals surface area contributed by atoms with Gasteiger partial charge in [-0.2, -0.15) is 0 Å². The van der Waals surface area contributed by atoms with Gasteiger partial charge in [0.15, 0.2) is 0 Å². The summed E-state index contributed by atoms with van der Waals surface area (Å²) in [5.74, 6) is 0. The van der Waals surface area contributed by atoms with Crippen LogP contribution in [0.25, 0.3) is 0 Å². The number of halogens is 1. The van der Waals surface area contributed by atoms with Gasteiger partial charge in [-0.1, -0.05) is 15.9 Å². The van der Waals surface area contributed by atoms with E-state index >= 15 is 0 Å². The molecule has 0 amide bonds. The molecule has 40 heavy (non-hydrogen) atoms. The molecule has 0 radical (unpaired) electrons. The van der Waals surface area contributed by atoms with Gasteiger partial charge in [0.1, 0.15) is 0 Å². The summed E-state index contributed by atoms with van der Waals surface area (Å²) in [5.41, 5.74) is 0. The van der Waals surface area contributed by atoms with Crippen LogP contribution < -0.4 is 0 Å². The molecule has 0 rings (SSSR count). The topological polar surface area (TPSA) is 131 Å². The fourth-order valence-corrected chi connectivity index (χ4v) is 2.87. The standard InChI is InChI=1S/C26H53BrO13/c27-1-3-29-5-7-31-9-11-33-13-15-35-17-19-37-21-23-39-25-26-40-24-22-38-20-18-36-16-14-34-12-10-32-8-6-30-4-2-28/h28H,1-26H2. The summed E-state index contributed by atoms with van der Waals surface area (Å²) in [6, 6.07) is 0. The lowest BCUT2D eigenvalue weighted by Crippen LogP contribution is -2.15. The summed E-state index contributed by atoms with van der Waals surface area (Å²) in [5, 5.41) is 9.40. The number of hydrogen-bond donors (Lipinski definition) is 1. The second-order valence-electron chi connectivity index (χ2n) is 7.76. The van der Waals surface area contributed by atoms with E-state index in [4.69, 9.17) is 61.9 Å². The Morgan fingerprint density at radius 1 is 0.250 bits per heavy atom. The maximum Gasteiger partial charge on any atom is 0.0701 e. The zero-order valence-corrected chi connectivity index (χ0v) is 25.7. The third-order valence-electron chi connectivity index (χ3n) is 4.55. The van der Waals surface area contributed by atoms with Crippen molar-refractivity contribution in [3.63, 3.8) is 0 Å². The van der Waals surface area contributed by atoms with Crippen LogP contribution in [0.15, 0.2) is 0 Å². The van der Waals surface area contributed by atoms with Crippen molar-refractivity contribution in [3.8, 4) is 0 Å². The van der Waals surface area contributed by atoms with Crippen molar-refractivity contribution in [2.24, 2.45) is 0 Å². The van der Waals surface area contributed by atoms with Gasteiger partial charge in [-0.15, -0.1) is 0 Å². The van der Waals surface area contributed by atoms with E-state index in [1.807, 2.05) is 0 Å². The molecular weight excluding hydrogens is 600 g/mol. The highest BCUT2D eigenvalue weighted by Gasteiger charge is 1.96. The molecule has 0 aliphatic rings. The Hall–Kier alpha value is -0.0400. The lowest BCUT2D eigenvalue weighted by Gasteiger charge is -2.09. The molecule has 13 nitrogen and oxygen atoms in total. The van der Waals surface area contributed by atoms with E-state index in [2.05, 4.69) is 15.9 Å². The average molecular weight is 654 g/mol. The molecule has 0 aromatic heterocycles. The summed E-state index contributed by atoms with van der Waals surface area (Å²) >= 11 is 3.30. The van der Waals surface area contributed by atoms with E-state index in [9.17, 15) is 0 Å².